The third-order valence-corrected chi connectivity index (χ3v) is 3.58. The maximum Gasteiger partial charge on any atom is 0.184 e. The van der Waals surface area contributed by atoms with Crippen molar-refractivity contribution in [2.45, 2.75) is 34.2 Å². The van der Waals surface area contributed by atoms with Crippen LogP contribution in [0, 0.1) is 18.8 Å². The molecule has 0 aliphatic rings. The summed E-state index contributed by atoms with van der Waals surface area (Å²) in [5, 5.41) is 12.0. The van der Waals surface area contributed by atoms with Crippen LogP contribution < -0.4 is 5.73 Å². The zero-order chi connectivity index (χ0) is 14.0. The third kappa shape index (κ3) is 2.92. The van der Waals surface area contributed by atoms with Crippen LogP contribution in [-0.4, -0.2) is 20.2 Å². The first kappa shape index (κ1) is 13.5. The highest BCUT2D eigenvalue weighted by molar-refractivity contribution is 5.71. The van der Waals surface area contributed by atoms with Gasteiger partial charge in [0.1, 0.15) is 0 Å². The Kier molecular flexibility index (Phi) is 3.83. The predicted octanol–water partition coefficient (Wildman–Crippen LogP) is 2.52. The number of aromatic nitrogens is 4. The number of hydrogen-bond acceptors (Lipinski definition) is 4. The molecular formula is C14H21N5. The van der Waals surface area contributed by atoms with Crippen molar-refractivity contribution in [2.75, 3.05) is 5.73 Å². The molecule has 0 aliphatic carbocycles. The zero-order valence-electron chi connectivity index (χ0n) is 12.0. The highest BCUT2D eigenvalue weighted by Crippen LogP contribution is 2.25. The summed E-state index contributed by atoms with van der Waals surface area (Å²) in [6.45, 7) is 9.45. The van der Waals surface area contributed by atoms with Gasteiger partial charge in [-0.05, 0) is 41.3 Å². The average molecular weight is 259 g/mol. The number of hydrogen-bond donors (Lipinski definition) is 1. The van der Waals surface area contributed by atoms with Crippen LogP contribution in [0.15, 0.2) is 18.2 Å². The summed E-state index contributed by atoms with van der Waals surface area (Å²) in [5.41, 5.74) is 8.79. The average Bonchev–Trinajstić information content (AvgIpc) is 2.80. The van der Waals surface area contributed by atoms with Gasteiger partial charge in [-0.3, -0.25) is 0 Å². The maximum atomic E-state index is 6.03. The number of nitrogens with zero attached hydrogens (tertiary/aromatic N) is 4. The first-order valence-corrected chi connectivity index (χ1v) is 6.61. The summed E-state index contributed by atoms with van der Waals surface area (Å²) < 4.78 is 1.84. The summed E-state index contributed by atoms with van der Waals surface area (Å²) in [6, 6.07) is 5.91. The molecule has 2 aromatic rings. The molecular weight excluding hydrogens is 238 g/mol. The lowest BCUT2D eigenvalue weighted by Gasteiger charge is -2.16. The lowest BCUT2D eigenvalue weighted by atomic mass is 9.98. The minimum atomic E-state index is 0.508. The molecule has 2 rings (SSSR count). The molecule has 2 N–H and O–H groups in total. The molecule has 0 aliphatic heterocycles. The van der Waals surface area contributed by atoms with Gasteiger partial charge in [-0.15, -0.1) is 5.10 Å². The van der Waals surface area contributed by atoms with Gasteiger partial charge in [0.15, 0.2) is 5.82 Å². The van der Waals surface area contributed by atoms with Gasteiger partial charge in [-0.1, -0.05) is 32.4 Å². The van der Waals surface area contributed by atoms with Gasteiger partial charge >= 0.3 is 0 Å². The molecule has 0 radical (unpaired) electrons. The van der Waals surface area contributed by atoms with Gasteiger partial charge in [0.25, 0.3) is 0 Å². The molecule has 5 heteroatoms. The largest absolute Gasteiger partial charge is 0.398 e. The normalized spacial score (nSPS) is 12.9. The van der Waals surface area contributed by atoms with Gasteiger partial charge in [-0.25, -0.2) is 4.68 Å². The second-order valence-corrected chi connectivity index (χ2v) is 5.50. The first-order chi connectivity index (χ1) is 8.99. The van der Waals surface area contributed by atoms with Crippen LogP contribution in [0.3, 0.4) is 0 Å². The van der Waals surface area contributed by atoms with Crippen molar-refractivity contribution in [1.29, 1.82) is 0 Å². The second kappa shape index (κ2) is 5.38. The van der Waals surface area contributed by atoms with Gasteiger partial charge in [0.05, 0.1) is 0 Å². The monoisotopic (exact) mass is 259 g/mol. The number of tetrazole rings is 1. The van der Waals surface area contributed by atoms with Crippen molar-refractivity contribution in [3.63, 3.8) is 0 Å². The van der Waals surface area contributed by atoms with Gasteiger partial charge in [0, 0.05) is 17.8 Å². The number of anilines is 1. The van der Waals surface area contributed by atoms with Crippen LogP contribution in [0.2, 0.25) is 0 Å². The van der Waals surface area contributed by atoms with E-state index in [1.807, 2.05) is 29.8 Å². The number of rotatable bonds is 4. The van der Waals surface area contributed by atoms with E-state index in [0.29, 0.717) is 17.5 Å². The van der Waals surface area contributed by atoms with Crippen LogP contribution in [-0.2, 0) is 6.54 Å². The van der Waals surface area contributed by atoms with E-state index in [1.165, 1.54) is 0 Å². The minimum absolute atomic E-state index is 0.508. The Morgan fingerprint density at radius 1 is 1.26 bits per heavy atom. The van der Waals surface area contributed by atoms with Crippen LogP contribution in [0.4, 0.5) is 5.69 Å². The van der Waals surface area contributed by atoms with Gasteiger partial charge in [-0.2, -0.15) is 0 Å². The Bertz CT molecular complexity index is 559. The molecule has 0 amide bonds. The Hall–Kier alpha value is -1.91. The van der Waals surface area contributed by atoms with Gasteiger partial charge < -0.3 is 5.73 Å². The molecule has 0 fully saturated rings. The van der Waals surface area contributed by atoms with E-state index in [-0.39, 0.29) is 0 Å². The summed E-state index contributed by atoms with van der Waals surface area (Å²) in [6.07, 6.45) is 0. The summed E-state index contributed by atoms with van der Waals surface area (Å²) in [5.74, 6) is 1.84. The fraction of sp³-hybridized carbons (Fsp3) is 0.500. The molecule has 1 atom stereocenters. The minimum Gasteiger partial charge on any atom is -0.398 e. The Labute approximate surface area is 113 Å². The van der Waals surface area contributed by atoms with Crippen molar-refractivity contribution in [1.82, 2.24) is 20.2 Å². The fourth-order valence-electron chi connectivity index (χ4n) is 1.87. The second-order valence-electron chi connectivity index (χ2n) is 5.50. The van der Waals surface area contributed by atoms with E-state index in [4.69, 9.17) is 5.73 Å². The summed E-state index contributed by atoms with van der Waals surface area (Å²) >= 11 is 0. The lowest BCUT2D eigenvalue weighted by molar-refractivity contribution is 0.347. The molecule has 0 saturated carbocycles. The van der Waals surface area contributed by atoms with Crippen LogP contribution in [0.25, 0.3) is 11.4 Å². The zero-order valence-corrected chi connectivity index (χ0v) is 12.0. The van der Waals surface area contributed by atoms with Crippen molar-refractivity contribution in [3.05, 3.63) is 23.8 Å². The van der Waals surface area contributed by atoms with E-state index in [1.54, 1.807) is 0 Å². The van der Waals surface area contributed by atoms with Crippen molar-refractivity contribution < 1.29 is 0 Å². The highest BCUT2D eigenvalue weighted by atomic mass is 15.5. The fourth-order valence-corrected chi connectivity index (χ4v) is 1.87. The van der Waals surface area contributed by atoms with E-state index < -0.39 is 0 Å². The van der Waals surface area contributed by atoms with Crippen LogP contribution in [0.1, 0.15) is 26.3 Å². The smallest absolute Gasteiger partial charge is 0.184 e. The standard InChI is InChI=1S/C14H21N5/c1-9(2)11(4)8-19-14(16-17-18-19)12-7-10(3)5-6-13(12)15/h5-7,9,11H,8,15H2,1-4H3. The Morgan fingerprint density at radius 2 is 2.00 bits per heavy atom. The maximum absolute atomic E-state index is 6.03. The molecule has 5 nitrogen and oxygen atoms in total. The van der Waals surface area contributed by atoms with Crippen molar-refractivity contribution >= 4 is 5.69 Å². The summed E-state index contributed by atoms with van der Waals surface area (Å²) in [4.78, 5) is 0. The first-order valence-electron chi connectivity index (χ1n) is 6.61. The Balaban J connectivity index is 2.36. The van der Waals surface area contributed by atoms with Crippen molar-refractivity contribution in [2.24, 2.45) is 11.8 Å². The molecule has 0 spiro atoms. The molecule has 1 aromatic heterocycles. The third-order valence-electron chi connectivity index (χ3n) is 3.58. The molecule has 19 heavy (non-hydrogen) atoms. The lowest BCUT2D eigenvalue weighted by Crippen LogP contribution is -2.15. The number of nitrogen functional groups attached to an aromatic ring is 1. The van der Waals surface area contributed by atoms with E-state index in [2.05, 4.69) is 36.3 Å². The number of benzene rings is 1. The van der Waals surface area contributed by atoms with Crippen LogP contribution in [0.5, 0.6) is 0 Å². The Morgan fingerprint density at radius 3 is 2.68 bits per heavy atom. The predicted molar refractivity (Wildman–Crippen MR) is 76.4 cm³/mol. The molecule has 102 valence electrons. The van der Waals surface area contributed by atoms with Gasteiger partial charge in [0.2, 0.25) is 0 Å². The number of nitrogens with two attached hydrogens (primary N) is 1. The SMILES string of the molecule is Cc1ccc(N)c(-c2nnnn2CC(C)C(C)C)c1. The molecule has 1 unspecified atom stereocenters. The molecule has 1 aromatic carbocycles. The summed E-state index contributed by atoms with van der Waals surface area (Å²) in [7, 11) is 0. The van der Waals surface area contributed by atoms with E-state index >= 15 is 0 Å². The molecule has 0 saturated heterocycles. The van der Waals surface area contributed by atoms with Crippen molar-refractivity contribution in [3.8, 4) is 11.4 Å². The van der Waals surface area contributed by atoms with Crippen LogP contribution >= 0.6 is 0 Å². The number of aryl methyl sites for hydroxylation is 1. The van der Waals surface area contributed by atoms with E-state index in [9.17, 15) is 0 Å². The molecule has 0 bridgehead atoms. The topological polar surface area (TPSA) is 69.6 Å². The quantitative estimate of drug-likeness (QED) is 0.856. The molecule has 1 heterocycles. The highest BCUT2D eigenvalue weighted by Gasteiger charge is 2.15. The van der Waals surface area contributed by atoms with E-state index in [0.717, 1.165) is 23.5 Å².